The molecule has 0 aliphatic heterocycles. The van der Waals surface area contributed by atoms with Crippen molar-refractivity contribution in [2.75, 3.05) is 0 Å². The zero-order valence-corrected chi connectivity index (χ0v) is 9.33. The second-order valence-electron chi connectivity index (χ2n) is 3.77. The van der Waals surface area contributed by atoms with Crippen LogP contribution in [-0.2, 0) is 0 Å². The lowest BCUT2D eigenvalue weighted by molar-refractivity contribution is -0.991. The first kappa shape index (κ1) is 12.3. The predicted molar refractivity (Wildman–Crippen MR) is 64.6 cm³/mol. The number of carboxylic acid groups (broad SMARTS) is 1. The number of aromatic carboxylic acids is 1. The average molecular weight is 245 g/mol. The molecule has 0 saturated heterocycles. The molecule has 0 spiro atoms. The van der Waals surface area contributed by atoms with E-state index in [1.807, 2.05) is 0 Å². The van der Waals surface area contributed by atoms with E-state index < -0.39 is 11.2 Å². The molecule has 3 N–H and O–H groups in total. The van der Waals surface area contributed by atoms with Crippen LogP contribution in [0.2, 0.25) is 0 Å². The molecule has 0 aliphatic rings. The second-order valence-corrected chi connectivity index (χ2v) is 3.77. The Balaban J connectivity index is 2.36. The smallest absolute Gasteiger partial charge is 0.335 e. The summed E-state index contributed by atoms with van der Waals surface area (Å²) in [4.78, 5) is 10.7. The van der Waals surface area contributed by atoms with Crippen LogP contribution in [0.1, 0.15) is 10.4 Å². The van der Waals surface area contributed by atoms with E-state index in [0.29, 0.717) is 0 Å². The molecule has 0 aromatic heterocycles. The quantitative estimate of drug-likeness (QED) is 0.714. The van der Waals surface area contributed by atoms with Crippen molar-refractivity contribution < 1.29 is 20.3 Å². The van der Waals surface area contributed by atoms with Gasteiger partial charge in [0.25, 0.3) is 0 Å². The molecule has 0 amide bonds. The summed E-state index contributed by atoms with van der Waals surface area (Å²) in [6.07, 6.45) is 0. The molecule has 0 fully saturated rings. The Hall–Kier alpha value is -2.21. The van der Waals surface area contributed by atoms with Gasteiger partial charge >= 0.3 is 5.97 Å². The van der Waals surface area contributed by atoms with Crippen LogP contribution in [0.3, 0.4) is 0 Å². The highest BCUT2D eigenvalue weighted by atomic mass is 16.8. The minimum atomic E-state index is -0.987. The van der Waals surface area contributed by atoms with E-state index in [2.05, 4.69) is 0 Å². The van der Waals surface area contributed by atoms with Crippen molar-refractivity contribution in [3.8, 4) is 11.1 Å². The Morgan fingerprint density at radius 2 is 1.72 bits per heavy atom. The van der Waals surface area contributed by atoms with Crippen LogP contribution in [0.15, 0.2) is 48.5 Å². The largest absolute Gasteiger partial charge is 0.595 e. The lowest BCUT2D eigenvalue weighted by Gasteiger charge is -2.12. The number of hydrogen-bond acceptors (Lipinski definition) is 3. The SMILES string of the molecule is O=C(O)c1ccc(-c2cccc([NH+]([O-])O)c2)cc1. The van der Waals surface area contributed by atoms with E-state index in [1.165, 1.54) is 18.2 Å². The fourth-order valence-corrected chi connectivity index (χ4v) is 1.64. The van der Waals surface area contributed by atoms with Crippen LogP contribution in [0.5, 0.6) is 0 Å². The standard InChI is InChI=1S/C13H11NO4/c15-13(16)10-6-4-9(5-7-10)11-2-1-3-12(8-11)14(17)18/h1-8,14,17H,(H,15,16). The Labute approximate surface area is 103 Å². The van der Waals surface area contributed by atoms with Gasteiger partial charge in [-0.15, -0.1) is 0 Å². The van der Waals surface area contributed by atoms with Gasteiger partial charge < -0.3 is 10.3 Å². The number of rotatable bonds is 3. The second kappa shape index (κ2) is 4.97. The van der Waals surface area contributed by atoms with Crippen molar-refractivity contribution in [3.63, 3.8) is 0 Å². The zero-order valence-electron chi connectivity index (χ0n) is 9.33. The minimum absolute atomic E-state index is 0.202. The van der Waals surface area contributed by atoms with Gasteiger partial charge in [-0.1, -0.05) is 24.3 Å². The van der Waals surface area contributed by atoms with Crippen LogP contribution in [0.25, 0.3) is 11.1 Å². The monoisotopic (exact) mass is 245 g/mol. The molecule has 18 heavy (non-hydrogen) atoms. The van der Waals surface area contributed by atoms with Gasteiger partial charge in [-0.25, -0.2) is 10.0 Å². The zero-order chi connectivity index (χ0) is 13.1. The van der Waals surface area contributed by atoms with Crippen molar-refractivity contribution in [2.45, 2.75) is 0 Å². The molecule has 0 bridgehead atoms. The van der Waals surface area contributed by atoms with Crippen molar-refractivity contribution in [3.05, 3.63) is 59.3 Å². The van der Waals surface area contributed by atoms with E-state index in [9.17, 15) is 10.0 Å². The Morgan fingerprint density at radius 1 is 1.06 bits per heavy atom. The Bertz CT molecular complexity index is 563. The Morgan fingerprint density at radius 3 is 2.28 bits per heavy atom. The number of benzene rings is 2. The summed E-state index contributed by atoms with van der Waals surface area (Å²) in [5, 5.41) is 27.5. The highest BCUT2D eigenvalue weighted by molar-refractivity contribution is 5.88. The number of carboxylic acids is 1. The molecular formula is C13H11NO4. The van der Waals surface area contributed by atoms with Crippen LogP contribution in [0, 0.1) is 5.21 Å². The number of hydrogen-bond donors (Lipinski definition) is 3. The molecule has 0 radical (unpaired) electrons. The predicted octanol–water partition coefficient (Wildman–Crippen LogP) is 1.46. The van der Waals surface area contributed by atoms with E-state index in [1.54, 1.807) is 30.3 Å². The normalized spacial score (nSPS) is 12.1. The average Bonchev–Trinajstić information content (AvgIpc) is 2.39. The van der Waals surface area contributed by atoms with E-state index >= 15 is 0 Å². The van der Waals surface area contributed by atoms with Gasteiger partial charge in [0.15, 0.2) is 5.69 Å². The highest BCUT2D eigenvalue weighted by Gasteiger charge is 2.05. The fraction of sp³-hybridized carbons (Fsp3) is 0. The Kier molecular flexibility index (Phi) is 3.38. The summed E-state index contributed by atoms with van der Waals surface area (Å²) in [6.45, 7) is 0. The molecule has 1 atom stereocenters. The molecule has 92 valence electrons. The van der Waals surface area contributed by atoms with E-state index in [-0.39, 0.29) is 11.3 Å². The molecule has 5 nitrogen and oxygen atoms in total. The van der Waals surface area contributed by atoms with Gasteiger partial charge in [-0.3, -0.25) is 0 Å². The van der Waals surface area contributed by atoms with Gasteiger partial charge in [0, 0.05) is 12.1 Å². The van der Waals surface area contributed by atoms with Crippen molar-refractivity contribution in [1.29, 1.82) is 0 Å². The molecule has 2 aromatic rings. The van der Waals surface area contributed by atoms with Crippen molar-refractivity contribution in [1.82, 2.24) is 0 Å². The van der Waals surface area contributed by atoms with Crippen LogP contribution in [0.4, 0.5) is 5.69 Å². The fourth-order valence-electron chi connectivity index (χ4n) is 1.64. The number of quaternary nitrogens is 1. The van der Waals surface area contributed by atoms with Crippen LogP contribution in [-0.4, -0.2) is 16.3 Å². The number of nitrogens with one attached hydrogen (secondary N) is 1. The molecule has 1 unspecified atom stereocenters. The third kappa shape index (κ3) is 2.54. The third-order valence-corrected chi connectivity index (χ3v) is 2.57. The van der Waals surface area contributed by atoms with Gasteiger partial charge in [0.1, 0.15) is 0 Å². The van der Waals surface area contributed by atoms with E-state index in [0.717, 1.165) is 11.1 Å². The summed E-state index contributed by atoms with van der Waals surface area (Å²) in [6, 6.07) is 12.8. The first-order valence-electron chi connectivity index (χ1n) is 5.25. The van der Waals surface area contributed by atoms with Crippen LogP contribution < -0.4 is 5.23 Å². The highest BCUT2D eigenvalue weighted by Crippen LogP contribution is 2.21. The van der Waals surface area contributed by atoms with Crippen molar-refractivity contribution in [2.24, 2.45) is 0 Å². The maximum absolute atomic E-state index is 10.9. The summed E-state index contributed by atoms with van der Waals surface area (Å²) >= 11 is 0. The van der Waals surface area contributed by atoms with Gasteiger partial charge in [0.05, 0.1) is 5.56 Å². The lowest BCUT2D eigenvalue weighted by atomic mass is 10.0. The lowest BCUT2D eigenvalue weighted by Crippen LogP contribution is -2.99. The first-order valence-corrected chi connectivity index (χ1v) is 5.25. The minimum Gasteiger partial charge on any atom is -0.595 e. The summed E-state index contributed by atoms with van der Waals surface area (Å²) in [5.41, 5.74) is 1.93. The maximum atomic E-state index is 10.9. The molecule has 0 heterocycles. The third-order valence-electron chi connectivity index (χ3n) is 2.57. The van der Waals surface area contributed by atoms with Crippen molar-refractivity contribution >= 4 is 11.7 Å². The van der Waals surface area contributed by atoms with Gasteiger partial charge in [-0.05, 0) is 23.3 Å². The molecule has 0 aliphatic carbocycles. The molecule has 0 saturated carbocycles. The van der Waals surface area contributed by atoms with Gasteiger partial charge in [0.2, 0.25) is 0 Å². The first-order chi connectivity index (χ1) is 8.58. The van der Waals surface area contributed by atoms with Gasteiger partial charge in [-0.2, -0.15) is 5.23 Å². The summed E-state index contributed by atoms with van der Waals surface area (Å²) in [5.74, 6) is -0.985. The van der Waals surface area contributed by atoms with Crippen LogP contribution >= 0.6 is 0 Å². The molecule has 2 aromatic carbocycles. The summed E-state index contributed by atoms with van der Waals surface area (Å²) in [7, 11) is 0. The number of carbonyl (C=O) groups is 1. The molecular weight excluding hydrogens is 234 g/mol. The van der Waals surface area contributed by atoms with E-state index in [4.69, 9.17) is 10.3 Å². The molecule has 5 heteroatoms. The maximum Gasteiger partial charge on any atom is 0.335 e. The molecule has 2 rings (SSSR count). The topological polar surface area (TPSA) is 85.0 Å². The summed E-state index contributed by atoms with van der Waals surface area (Å²) < 4.78 is 0.